The van der Waals surface area contributed by atoms with Crippen LogP contribution in [0.25, 0.3) is 0 Å². The first-order valence-electron chi connectivity index (χ1n) is 6.99. The number of halogens is 2. The van der Waals surface area contributed by atoms with Crippen molar-refractivity contribution in [3.05, 3.63) is 28.2 Å². The lowest BCUT2D eigenvalue weighted by Gasteiger charge is -2.27. The van der Waals surface area contributed by atoms with Crippen molar-refractivity contribution in [3.8, 4) is 0 Å². The number of hydrogen-bond acceptors (Lipinski definition) is 2. The van der Waals surface area contributed by atoms with Gasteiger partial charge in [-0.1, -0.05) is 43.5 Å². The molecule has 2 rings (SSSR count). The SMILES string of the molecule is CCC(C)C1NC(=O)CCN(c2ccc(Cl)c(Cl)c2)C1=O. The van der Waals surface area contributed by atoms with Crippen molar-refractivity contribution in [1.29, 1.82) is 0 Å². The Balaban J connectivity index is 2.34. The van der Waals surface area contributed by atoms with Gasteiger partial charge in [-0.2, -0.15) is 0 Å². The molecule has 1 fully saturated rings. The van der Waals surface area contributed by atoms with E-state index in [4.69, 9.17) is 23.2 Å². The Morgan fingerprint density at radius 2 is 2.05 bits per heavy atom. The molecule has 0 spiro atoms. The highest BCUT2D eigenvalue weighted by Crippen LogP contribution is 2.29. The summed E-state index contributed by atoms with van der Waals surface area (Å²) in [4.78, 5) is 26.2. The smallest absolute Gasteiger partial charge is 0.249 e. The average Bonchev–Trinajstić information content (AvgIpc) is 2.61. The lowest BCUT2D eigenvalue weighted by molar-refractivity contribution is -0.126. The molecule has 0 bridgehead atoms. The first kappa shape index (κ1) is 16.1. The van der Waals surface area contributed by atoms with Gasteiger partial charge in [0.2, 0.25) is 11.8 Å². The van der Waals surface area contributed by atoms with Crippen molar-refractivity contribution in [2.75, 3.05) is 11.4 Å². The zero-order valence-corrected chi connectivity index (χ0v) is 13.5. The van der Waals surface area contributed by atoms with Gasteiger partial charge in [-0.05, 0) is 24.1 Å². The fraction of sp³-hybridized carbons (Fsp3) is 0.467. The summed E-state index contributed by atoms with van der Waals surface area (Å²) in [7, 11) is 0. The fourth-order valence-corrected chi connectivity index (χ4v) is 2.62. The van der Waals surface area contributed by atoms with Gasteiger partial charge in [0.1, 0.15) is 6.04 Å². The Labute approximate surface area is 134 Å². The molecular weight excluding hydrogens is 311 g/mol. The number of carbonyl (C=O) groups excluding carboxylic acids is 2. The summed E-state index contributed by atoms with van der Waals surface area (Å²) in [5.41, 5.74) is 0.666. The third-order valence-corrected chi connectivity index (χ3v) is 4.58. The van der Waals surface area contributed by atoms with Crippen LogP contribution in [0.5, 0.6) is 0 Å². The summed E-state index contributed by atoms with van der Waals surface area (Å²) >= 11 is 11.9. The number of carbonyl (C=O) groups is 2. The van der Waals surface area contributed by atoms with E-state index in [1.54, 1.807) is 23.1 Å². The van der Waals surface area contributed by atoms with E-state index >= 15 is 0 Å². The van der Waals surface area contributed by atoms with E-state index in [9.17, 15) is 9.59 Å². The van der Waals surface area contributed by atoms with Crippen molar-refractivity contribution in [1.82, 2.24) is 5.32 Å². The Morgan fingerprint density at radius 1 is 1.33 bits per heavy atom. The van der Waals surface area contributed by atoms with Gasteiger partial charge in [-0.15, -0.1) is 0 Å². The molecule has 2 amide bonds. The second-order valence-electron chi connectivity index (χ2n) is 5.27. The van der Waals surface area contributed by atoms with Crippen molar-refractivity contribution >= 4 is 40.7 Å². The third kappa shape index (κ3) is 3.50. The molecule has 0 aromatic heterocycles. The van der Waals surface area contributed by atoms with Crippen molar-refractivity contribution in [3.63, 3.8) is 0 Å². The molecule has 0 saturated carbocycles. The van der Waals surface area contributed by atoms with Gasteiger partial charge in [0.15, 0.2) is 0 Å². The predicted octanol–water partition coefficient (Wildman–Crippen LogP) is 3.26. The number of anilines is 1. The second-order valence-corrected chi connectivity index (χ2v) is 6.08. The number of nitrogens with zero attached hydrogens (tertiary/aromatic N) is 1. The molecule has 1 heterocycles. The molecule has 0 aliphatic carbocycles. The zero-order valence-electron chi connectivity index (χ0n) is 12.0. The standard InChI is InChI=1S/C15H18Cl2N2O2/c1-3-9(2)14-15(21)19(7-6-13(20)18-14)10-4-5-11(16)12(17)8-10/h4-5,8-9,14H,3,6-7H2,1-2H3,(H,18,20). The Hall–Kier alpha value is -1.26. The van der Waals surface area contributed by atoms with Gasteiger partial charge in [0.05, 0.1) is 10.0 Å². The van der Waals surface area contributed by atoms with Crippen LogP contribution in [-0.2, 0) is 9.59 Å². The highest BCUT2D eigenvalue weighted by Gasteiger charge is 2.33. The zero-order chi connectivity index (χ0) is 15.6. The van der Waals surface area contributed by atoms with Gasteiger partial charge in [0, 0.05) is 18.7 Å². The number of hydrogen-bond donors (Lipinski definition) is 1. The van der Waals surface area contributed by atoms with Crippen LogP contribution in [0.4, 0.5) is 5.69 Å². The molecule has 6 heteroatoms. The first-order chi connectivity index (χ1) is 9.93. The predicted molar refractivity (Wildman–Crippen MR) is 84.8 cm³/mol. The Bertz CT molecular complexity index is 563. The molecule has 1 N–H and O–H groups in total. The minimum atomic E-state index is -0.501. The van der Waals surface area contributed by atoms with Crippen LogP contribution in [0.1, 0.15) is 26.7 Å². The molecule has 1 aliphatic heterocycles. The van der Waals surface area contributed by atoms with E-state index in [0.717, 1.165) is 6.42 Å². The van der Waals surface area contributed by atoms with Gasteiger partial charge in [-0.3, -0.25) is 9.59 Å². The van der Waals surface area contributed by atoms with E-state index in [1.807, 2.05) is 13.8 Å². The maximum Gasteiger partial charge on any atom is 0.249 e. The lowest BCUT2D eigenvalue weighted by atomic mass is 9.98. The molecule has 1 aliphatic rings. The van der Waals surface area contributed by atoms with Crippen LogP contribution in [0.3, 0.4) is 0 Å². The van der Waals surface area contributed by atoms with Crippen LogP contribution in [0, 0.1) is 5.92 Å². The van der Waals surface area contributed by atoms with E-state index in [0.29, 0.717) is 22.3 Å². The summed E-state index contributed by atoms with van der Waals surface area (Å²) in [6.07, 6.45) is 1.09. The minimum Gasteiger partial charge on any atom is -0.344 e. The lowest BCUT2D eigenvalue weighted by Crippen LogP contribution is -2.48. The number of benzene rings is 1. The van der Waals surface area contributed by atoms with Gasteiger partial charge in [0.25, 0.3) is 0 Å². The van der Waals surface area contributed by atoms with Gasteiger partial charge >= 0.3 is 0 Å². The maximum absolute atomic E-state index is 12.7. The van der Waals surface area contributed by atoms with E-state index < -0.39 is 6.04 Å². The van der Waals surface area contributed by atoms with E-state index in [-0.39, 0.29) is 24.2 Å². The number of amides is 2. The van der Waals surface area contributed by atoms with Crippen LogP contribution in [0.15, 0.2) is 18.2 Å². The van der Waals surface area contributed by atoms with Crippen molar-refractivity contribution < 1.29 is 9.59 Å². The summed E-state index contributed by atoms with van der Waals surface area (Å²) in [6.45, 7) is 4.30. The third-order valence-electron chi connectivity index (χ3n) is 3.84. The van der Waals surface area contributed by atoms with Gasteiger partial charge in [-0.25, -0.2) is 0 Å². The molecule has 0 radical (unpaired) electrons. The molecule has 4 nitrogen and oxygen atoms in total. The number of rotatable bonds is 3. The summed E-state index contributed by atoms with van der Waals surface area (Å²) in [6, 6.07) is 4.56. The van der Waals surface area contributed by atoms with Crippen LogP contribution in [0.2, 0.25) is 10.0 Å². The highest BCUT2D eigenvalue weighted by molar-refractivity contribution is 6.42. The Morgan fingerprint density at radius 3 is 2.67 bits per heavy atom. The summed E-state index contributed by atoms with van der Waals surface area (Å²) in [5, 5.41) is 3.65. The summed E-state index contributed by atoms with van der Waals surface area (Å²) < 4.78 is 0. The topological polar surface area (TPSA) is 49.4 Å². The van der Waals surface area contributed by atoms with E-state index in [1.165, 1.54) is 0 Å². The maximum atomic E-state index is 12.7. The molecule has 2 atom stereocenters. The highest BCUT2D eigenvalue weighted by atomic mass is 35.5. The largest absolute Gasteiger partial charge is 0.344 e. The quantitative estimate of drug-likeness (QED) is 0.925. The minimum absolute atomic E-state index is 0.0739. The van der Waals surface area contributed by atoms with Crippen molar-refractivity contribution in [2.24, 2.45) is 5.92 Å². The molecular formula is C15H18Cl2N2O2. The van der Waals surface area contributed by atoms with E-state index in [2.05, 4.69) is 5.32 Å². The molecule has 1 aromatic carbocycles. The Kier molecular flexibility index (Phi) is 5.12. The molecule has 2 unspecified atom stereocenters. The van der Waals surface area contributed by atoms with Crippen molar-refractivity contribution in [2.45, 2.75) is 32.7 Å². The molecule has 114 valence electrons. The second kappa shape index (κ2) is 6.67. The normalized spacial score (nSPS) is 21.0. The molecule has 21 heavy (non-hydrogen) atoms. The average molecular weight is 329 g/mol. The fourth-order valence-electron chi connectivity index (χ4n) is 2.33. The number of nitrogens with one attached hydrogen (secondary N) is 1. The molecule has 1 saturated heterocycles. The van der Waals surface area contributed by atoms with Crippen LogP contribution in [-0.4, -0.2) is 24.4 Å². The monoisotopic (exact) mass is 328 g/mol. The van der Waals surface area contributed by atoms with Crippen LogP contribution >= 0.6 is 23.2 Å². The first-order valence-corrected chi connectivity index (χ1v) is 7.75. The molecule has 1 aromatic rings. The summed E-state index contributed by atoms with van der Waals surface area (Å²) in [5.74, 6) is -0.130. The van der Waals surface area contributed by atoms with Crippen LogP contribution < -0.4 is 10.2 Å². The van der Waals surface area contributed by atoms with Gasteiger partial charge < -0.3 is 10.2 Å².